The monoisotopic (exact) mass is 555 g/mol. The molecule has 0 saturated heterocycles. The van der Waals surface area contributed by atoms with E-state index in [0.717, 1.165) is 6.26 Å². The standard InChI is InChI=1S/C24H29N3O6S2.ClH/c1-26(2)12-13-27(24-25-22-19(34-24)8-7-9-20(22)35(6,29)30)21(28)11-10-16-14-17(31-3)23(33-5)18(15-16)32-4;/h7-11,14-15H,12-13H2,1-6H3;1H. The van der Waals surface area contributed by atoms with Gasteiger partial charge in [0.1, 0.15) is 5.52 Å². The fraction of sp³-hybridized carbons (Fsp3) is 0.333. The molecular formula is C24H30ClN3O6S2. The van der Waals surface area contributed by atoms with E-state index in [2.05, 4.69) is 4.98 Å². The largest absolute Gasteiger partial charge is 0.493 e. The Morgan fingerprint density at radius 2 is 1.69 bits per heavy atom. The van der Waals surface area contributed by atoms with E-state index in [1.807, 2.05) is 19.0 Å². The molecule has 0 aliphatic heterocycles. The fourth-order valence-corrected chi connectivity index (χ4v) is 5.30. The minimum Gasteiger partial charge on any atom is -0.493 e. The molecule has 3 aromatic rings. The van der Waals surface area contributed by atoms with Gasteiger partial charge in [-0.2, -0.15) is 0 Å². The van der Waals surface area contributed by atoms with Crippen LogP contribution in [0.4, 0.5) is 5.13 Å². The molecule has 2 aromatic carbocycles. The average molecular weight is 556 g/mol. The molecular weight excluding hydrogens is 526 g/mol. The summed E-state index contributed by atoms with van der Waals surface area (Å²) in [6.07, 6.45) is 4.25. The van der Waals surface area contributed by atoms with Crippen molar-refractivity contribution in [3.8, 4) is 17.2 Å². The van der Waals surface area contributed by atoms with E-state index in [1.54, 1.807) is 35.2 Å². The highest BCUT2D eigenvalue weighted by molar-refractivity contribution is 7.91. The fourth-order valence-electron chi connectivity index (χ4n) is 3.38. The predicted molar refractivity (Wildman–Crippen MR) is 146 cm³/mol. The highest BCUT2D eigenvalue weighted by Gasteiger charge is 2.21. The van der Waals surface area contributed by atoms with Crippen LogP contribution in [-0.4, -0.2) is 79.0 Å². The summed E-state index contributed by atoms with van der Waals surface area (Å²) < 4.78 is 41.3. The predicted octanol–water partition coefficient (Wildman–Crippen LogP) is 3.76. The Labute approximate surface area is 221 Å². The second kappa shape index (κ2) is 12.4. The second-order valence-electron chi connectivity index (χ2n) is 7.96. The van der Waals surface area contributed by atoms with Crippen LogP contribution in [0.25, 0.3) is 16.3 Å². The molecule has 0 N–H and O–H groups in total. The molecule has 0 spiro atoms. The van der Waals surface area contributed by atoms with Crippen LogP contribution in [0.3, 0.4) is 0 Å². The van der Waals surface area contributed by atoms with Crippen molar-refractivity contribution in [2.24, 2.45) is 0 Å². The summed E-state index contributed by atoms with van der Waals surface area (Å²) >= 11 is 1.27. The lowest BCUT2D eigenvalue weighted by molar-refractivity contribution is -0.114. The molecule has 0 radical (unpaired) electrons. The van der Waals surface area contributed by atoms with E-state index in [0.29, 0.717) is 51.2 Å². The van der Waals surface area contributed by atoms with Gasteiger partial charge < -0.3 is 19.1 Å². The normalized spacial score (nSPS) is 11.5. The van der Waals surface area contributed by atoms with Gasteiger partial charge in [0.15, 0.2) is 26.5 Å². The molecule has 0 bridgehead atoms. The maximum atomic E-state index is 13.3. The first-order chi connectivity index (χ1) is 16.6. The second-order valence-corrected chi connectivity index (χ2v) is 10.9. The van der Waals surface area contributed by atoms with Crippen molar-refractivity contribution in [2.75, 3.05) is 59.7 Å². The number of amides is 1. The lowest BCUT2D eigenvalue weighted by Gasteiger charge is -2.20. The number of hydrogen-bond donors (Lipinski definition) is 0. The maximum Gasteiger partial charge on any atom is 0.252 e. The number of hydrogen-bond acceptors (Lipinski definition) is 9. The van der Waals surface area contributed by atoms with E-state index in [-0.39, 0.29) is 23.2 Å². The molecule has 1 amide bonds. The van der Waals surface area contributed by atoms with Crippen molar-refractivity contribution in [3.05, 3.63) is 42.0 Å². The molecule has 1 aromatic heterocycles. The molecule has 12 heteroatoms. The van der Waals surface area contributed by atoms with E-state index in [4.69, 9.17) is 14.2 Å². The summed E-state index contributed by atoms with van der Waals surface area (Å²) in [7, 11) is 4.93. The smallest absolute Gasteiger partial charge is 0.252 e. The van der Waals surface area contributed by atoms with Gasteiger partial charge in [0.2, 0.25) is 5.75 Å². The topological polar surface area (TPSA) is 98.3 Å². The first kappa shape index (κ1) is 29.4. The van der Waals surface area contributed by atoms with Crippen LogP contribution in [0.2, 0.25) is 0 Å². The van der Waals surface area contributed by atoms with Gasteiger partial charge in [-0.25, -0.2) is 13.4 Å². The van der Waals surface area contributed by atoms with Gasteiger partial charge in [-0.05, 0) is 50.0 Å². The van der Waals surface area contributed by atoms with Crippen molar-refractivity contribution in [2.45, 2.75) is 4.90 Å². The highest BCUT2D eigenvalue weighted by atomic mass is 35.5. The minimum atomic E-state index is -3.47. The van der Waals surface area contributed by atoms with Crippen molar-refractivity contribution in [3.63, 3.8) is 0 Å². The van der Waals surface area contributed by atoms with Gasteiger partial charge in [-0.3, -0.25) is 9.69 Å². The lowest BCUT2D eigenvalue weighted by Crippen LogP contribution is -2.35. The van der Waals surface area contributed by atoms with Crippen molar-refractivity contribution in [1.82, 2.24) is 9.88 Å². The summed E-state index contributed by atoms with van der Waals surface area (Å²) in [5.41, 5.74) is 1.05. The summed E-state index contributed by atoms with van der Waals surface area (Å²) in [5, 5.41) is 0.428. The summed E-state index contributed by atoms with van der Waals surface area (Å²) in [5.74, 6) is 1.12. The number of methoxy groups -OCH3 is 3. The molecule has 1 heterocycles. The van der Waals surface area contributed by atoms with Gasteiger partial charge in [-0.15, -0.1) is 12.4 Å². The molecule has 0 aliphatic rings. The molecule has 0 fully saturated rings. The van der Waals surface area contributed by atoms with Gasteiger partial charge in [0, 0.05) is 25.4 Å². The molecule has 0 aliphatic carbocycles. The van der Waals surface area contributed by atoms with Gasteiger partial charge in [-0.1, -0.05) is 17.4 Å². The zero-order valence-corrected chi connectivity index (χ0v) is 23.4. The molecule has 36 heavy (non-hydrogen) atoms. The Kier molecular flexibility index (Phi) is 10.1. The Morgan fingerprint density at radius 3 is 2.22 bits per heavy atom. The van der Waals surface area contributed by atoms with Crippen molar-refractivity contribution < 1.29 is 27.4 Å². The molecule has 196 valence electrons. The van der Waals surface area contributed by atoms with Crippen LogP contribution >= 0.6 is 23.7 Å². The third kappa shape index (κ3) is 6.67. The summed E-state index contributed by atoms with van der Waals surface area (Å²) in [6, 6.07) is 8.48. The van der Waals surface area contributed by atoms with Crippen LogP contribution in [0.1, 0.15) is 5.56 Å². The average Bonchev–Trinajstić information content (AvgIpc) is 3.24. The van der Waals surface area contributed by atoms with Gasteiger partial charge in [0.25, 0.3) is 5.91 Å². The maximum absolute atomic E-state index is 13.3. The molecule has 9 nitrogen and oxygen atoms in total. The summed E-state index contributed by atoms with van der Waals surface area (Å²) in [4.78, 5) is 21.5. The molecule has 3 rings (SSSR count). The zero-order valence-electron chi connectivity index (χ0n) is 21.0. The van der Waals surface area contributed by atoms with E-state index in [1.165, 1.54) is 44.8 Å². The Bertz CT molecular complexity index is 1330. The number of carbonyl (C=O) groups is 1. The minimum absolute atomic E-state index is 0. The number of fused-ring (bicyclic) bond motifs is 1. The van der Waals surface area contributed by atoms with E-state index >= 15 is 0 Å². The molecule has 0 atom stereocenters. The van der Waals surface area contributed by atoms with E-state index in [9.17, 15) is 13.2 Å². The van der Waals surface area contributed by atoms with Crippen LogP contribution in [-0.2, 0) is 14.6 Å². The molecule has 0 saturated carbocycles. The van der Waals surface area contributed by atoms with Crippen LogP contribution in [0.5, 0.6) is 17.2 Å². The summed E-state index contributed by atoms with van der Waals surface area (Å²) in [6.45, 7) is 0.970. The SMILES string of the molecule is COc1cc(C=CC(=O)N(CCN(C)C)c2nc3c(S(C)(=O)=O)cccc3s2)cc(OC)c1OC.Cl. The third-order valence-corrected chi connectivity index (χ3v) is 7.32. The Hall–Kier alpha value is -2.86. The number of benzene rings is 2. The zero-order chi connectivity index (χ0) is 25.8. The number of ether oxygens (including phenoxy) is 3. The number of para-hydroxylation sites is 1. The Morgan fingerprint density at radius 1 is 1.06 bits per heavy atom. The number of anilines is 1. The Balaban J connectivity index is 0.00000456. The van der Waals surface area contributed by atoms with E-state index < -0.39 is 9.84 Å². The number of likely N-dealkylation sites (N-methyl/N-ethyl adjacent to an activating group) is 1. The number of rotatable bonds is 10. The number of thiazole rings is 1. The van der Waals surface area contributed by atoms with Crippen LogP contribution in [0.15, 0.2) is 41.3 Å². The lowest BCUT2D eigenvalue weighted by atomic mass is 10.1. The van der Waals surface area contributed by atoms with Crippen LogP contribution < -0.4 is 19.1 Å². The number of sulfone groups is 1. The van der Waals surface area contributed by atoms with Gasteiger partial charge in [0.05, 0.1) is 30.9 Å². The first-order valence-electron chi connectivity index (χ1n) is 10.6. The number of halogens is 1. The third-order valence-electron chi connectivity index (χ3n) is 5.14. The number of carbonyl (C=O) groups excluding carboxylic acids is 1. The highest BCUT2D eigenvalue weighted by Crippen LogP contribution is 2.38. The molecule has 0 unspecified atom stereocenters. The van der Waals surface area contributed by atoms with Crippen molar-refractivity contribution in [1.29, 1.82) is 0 Å². The number of aromatic nitrogens is 1. The quantitative estimate of drug-likeness (QED) is 0.349. The van der Waals surface area contributed by atoms with Crippen LogP contribution in [0, 0.1) is 0 Å². The first-order valence-corrected chi connectivity index (χ1v) is 13.3. The number of nitrogens with zero attached hydrogens (tertiary/aromatic N) is 3. The van der Waals surface area contributed by atoms with Gasteiger partial charge >= 0.3 is 0 Å². The van der Waals surface area contributed by atoms with Crippen molar-refractivity contribution >= 4 is 60.9 Å².